The summed E-state index contributed by atoms with van der Waals surface area (Å²) >= 11 is 3.48. The fraction of sp³-hybridized carbons (Fsp3) is 0.571. The van der Waals surface area contributed by atoms with E-state index < -0.39 is 8.56 Å². The Morgan fingerprint density at radius 1 is 1.00 bits per heavy atom. The maximum Gasteiger partial charge on any atom is 0.372 e. The number of hydrogen-bond acceptors (Lipinski definition) is 2. The first-order valence-corrected chi connectivity index (χ1v) is 9.54. The standard InChI is InChI=1S/C14H23BrO2Si/c1-4-7-12-18(16-5-2,17-6-3)14-10-8-13(15)9-11-14/h8-11H,4-7,12H2,1-3H3. The third kappa shape index (κ3) is 4.19. The van der Waals surface area contributed by atoms with Gasteiger partial charge >= 0.3 is 8.56 Å². The second kappa shape index (κ2) is 8.10. The van der Waals surface area contributed by atoms with E-state index in [9.17, 15) is 0 Å². The molecule has 18 heavy (non-hydrogen) atoms. The van der Waals surface area contributed by atoms with Crippen LogP contribution in [0.2, 0.25) is 6.04 Å². The Labute approximate surface area is 120 Å². The molecule has 0 fully saturated rings. The molecule has 0 unspecified atom stereocenters. The lowest BCUT2D eigenvalue weighted by atomic mass is 10.4. The van der Waals surface area contributed by atoms with Crippen LogP contribution in [0, 0.1) is 0 Å². The van der Waals surface area contributed by atoms with Crippen molar-refractivity contribution in [2.45, 2.75) is 39.7 Å². The first kappa shape index (κ1) is 15.9. The van der Waals surface area contributed by atoms with Crippen molar-refractivity contribution in [1.29, 1.82) is 0 Å². The minimum atomic E-state index is -2.24. The van der Waals surface area contributed by atoms with Crippen LogP contribution in [0.4, 0.5) is 0 Å². The first-order chi connectivity index (χ1) is 8.68. The summed E-state index contributed by atoms with van der Waals surface area (Å²) in [5, 5.41) is 1.24. The smallest absolute Gasteiger partial charge is 0.372 e. The average molecular weight is 331 g/mol. The molecule has 0 N–H and O–H groups in total. The number of rotatable bonds is 8. The molecule has 0 radical (unpaired) electrons. The molecule has 0 aliphatic carbocycles. The predicted molar refractivity (Wildman–Crippen MR) is 82.5 cm³/mol. The second-order valence-electron chi connectivity index (χ2n) is 4.23. The van der Waals surface area contributed by atoms with Gasteiger partial charge in [0.2, 0.25) is 0 Å². The van der Waals surface area contributed by atoms with Gasteiger partial charge in [0.25, 0.3) is 0 Å². The summed E-state index contributed by atoms with van der Waals surface area (Å²) in [4.78, 5) is 0. The van der Waals surface area contributed by atoms with Gasteiger partial charge in [0.15, 0.2) is 0 Å². The minimum Gasteiger partial charge on any atom is -0.391 e. The monoisotopic (exact) mass is 330 g/mol. The van der Waals surface area contributed by atoms with E-state index in [1.807, 2.05) is 13.8 Å². The van der Waals surface area contributed by atoms with E-state index in [4.69, 9.17) is 8.85 Å². The van der Waals surface area contributed by atoms with Crippen LogP contribution in [0.25, 0.3) is 0 Å². The van der Waals surface area contributed by atoms with E-state index in [1.54, 1.807) is 0 Å². The molecule has 1 aromatic rings. The Hall–Kier alpha value is -0.163. The molecule has 0 amide bonds. The third-order valence-electron chi connectivity index (χ3n) is 2.90. The topological polar surface area (TPSA) is 18.5 Å². The normalized spacial score (nSPS) is 11.8. The van der Waals surface area contributed by atoms with Gasteiger partial charge in [0, 0.05) is 17.7 Å². The summed E-state index contributed by atoms with van der Waals surface area (Å²) in [5.74, 6) is 0. The molecule has 102 valence electrons. The van der Waals surface area contributed by atoms with Crippen LogP contribution in [0.15, 0.2) is 28.7 Å². The van der Waals surface area contributed by atoms with E-state index in [1.165, 1.54) is 11.6 Å². The van der Waals surface area contributed by atoms with Gasteiger partial charge in [-0.05, 0) is 37.2 Å². The molecule has 2 nitrogen and oxygen atoms in total. The number of hydrogen-bond donors (Lipinski definition) is 0. The highest BCUT2D eigenvalue weighted by Crippen LogP contribution is 2.19. The van der Waals surface area contributed by atoms with Crippen molar-refractivity contribution in [2.24, 2.45) is 0 Å². The lowest BCUT2D eigenvalue weighted by Crippen LogP contribution is -2.53. The van der Waals surface area contributed by atoms with Gasteiger partial charge in [-0.2, -0.15) is 0 Å². The molecule has 0 spiro atoms. The molecule has 0 saturated heterocycles. The van der Waals surface area contributed by atoms with Crippen molar-refractivity contribution in [3.05, 3.63) is 28.7 Å². The zero-order valence-electron chi connectivity index (χ0n) is 11.5. The highest BCUT2D eigenvalue weighted by molar-refractivity contribution is 9.10. The second-order valence-corrected chi connectivity index (χ2v) is 8.31. The van der Waals surface area contributed by atoms with Gasteiger partial charge in [-0.25, -0.2) is 0 Å². The molecule has 0 saturated carbocycles. The molecule has 0 heterocycles. The van der Waals surface area contributed by atoms with Gasteiger partial charge in [-0.3, -0.25) is 0 Å². The Balaban J connectivity index is 3.01. The Bertz CT molecular complexity index is 334. The van der Waals surface area contributed by atoms with Gasteiger partial charge in [-0.15, -0.1) is 0 Å². The predicted octanol–water partition coefficient (Wildman–Crippen LogP) is 3.97. The van der Waals surface area contributed by atoms with Gasteiger partial charge in [-0.1, -0.05) is 47.8 Å². The van der Waals surface area contributed by atoms with Crippen LogP contribution >= 0.6 is 15.9 Å². The van der Waals surface area contributed by atoms with E-state index in [2.05, 4.69) is 47.1 Å². The van der Waals surface area contributed by atoms with Crippen LogP contribution in [0.5, 0.6) is 0 Å². The molecule has 0 aliphatic rings. The Morgan fingerprint density at radius 3 is 2.00 bits per heavy atom. The zero-order chi connectivity index (χ0) is 13.4. The van der Waals surface area contributed by atoms with Crippen LogP contribution in [0.3, 0.4) is 0 Å². The summed E-state index contributed by atoms with van der Waals surface area (Å²) in [6, 6.07) is 9.45. The molecule has 0 aliphatic heterocycles. The van der Waals surface area contributed by atoms with Crippen molar-refractivity contribution < 1.29 is 8.85 Å². The van der Waals surface area contributed by atoms with Gasteiger partial charge in [0.05, 0.1) is 0 Å². The summed E-state index contributed by atoms with van der Waals surface area (Å²) < 4.78 is 13.3. The zero-order valence-corrected chi connectivity index (χ0v) is 14.1. The lowest BCUT2D eigenvalue weighted by molar-refractivity contribution is 0.195. The molecule has 0 aromatic heterocycles. The van der Waals surface area contributed by atoms with E-state index >= 15 is 0 Å². The van der Waals surface area contributed by atoms with Crippen LogP contribution < -0.4 is 5.19 Å². The molecule has 0 atom stereocenters. The fourth-order valence-corrected chi connectivity index (χ4v) is 5.76. The van der Waals surface area contributed by atoms with Crippen molar-refractivity contribution >= 4 is 29.7 Å². The summed E-state index contributed by atoms with van der Waals surface area (Å²) in [6.07, 6.45) is 2.33. The molecular formula is C14H23BrO2Si. The number of halogens is 1. The molecule has 0 bridgehead atoms. The van der Waals surface area contributed by atoms with Gasteiger partial charge < -0.3 is 8.85 Å². The van der Waals surface area contributed by atoms with Crippen LogP contribution in [-0.4, -0.2) is 21.8 Å². The fourth-order valence-electron chi connectivity index (χ4n) is 2.08. The molecule has 1 rings (SSSR count). The quantitative estimate of drug-likeness (QED) is 0.671. The van der Waals surface area contributed by atoms with Crippen molar-refractivity contribution in [3.63, 3.8) is 0 Å². The van der Waals surface area contributed by atoms with Crippen molar-refractivity contribution in [1.82, 2.24) is 0 Å². The molecule has 1 aromatic carbocycles. The van der Waals surface area contributed by atoms with Crippen LogP contribution in [0.1, 0.15) is 33.6 Å². The highest BCUT2D eigenvalue weighted by atomic mass is 79.9. The Morgan fingerprint density at radius 2 is 1.56 bits per heavy atom. The largest absolute Gasteiger partial charge is 0.391 e. The summed E-state index contributed by atoms with van der Waals surface area (Å²) in [5.41, 5.74) is 0. The lowest BCUT2D eigenvalue weighted by Gasteiger charge is -2.30. The SMILES string of the molecule is CCCC[Si](OCC)(OCC)c1ccc(Br)cc1. The summed E-state index contributed by atoms with van der Waals surface area (Å²) in [7, 11) is -2.24. The maximum atomic E-state index is 6.10. The Kier molecular flexibility index (Phi) is 7.15. The van der Waals surface area contributed by atoms with E-state index in [-0.39, 0.29) is 0 Å². The molecule has 4 heteroatoms. The maximum absolute atomic E-state index is 6.10. The van der Waals surface area contributed by atoms with Crippen molar-refractivity contribution in [2.75, 3.05) is 13.2 Å². The van der Waals surface area contributed by atoms with E-state index in [0.29, 0.717) is 13.2 Å². The minimum absolute atomic E-state index is 0.714. The number of unbranched alkanes of at least 4 members (excludes halogenated alkanes) is 1. The summed E-state index contributed by atoms with van der Waals surface area (Å²) in [6.45, 7) is 7.73. The molecular weight excluding hydrogens is 308 g/mol. The number of benzene rings is 1. The average Bonchev–Trinajstić information content (AvgIpc) is 2.37. The third-order valence-corrected chi connectivity index (χ3v) is 7.16. The highest BCUT2D eigenvalue weighted by Gasteiger charge is 2.38. The van der Waals surface area contributed by atoms with E-state index in [0.717, 1.165) is 16.9 Å². The van der Waals surface area contributed by atoms with Gasteiger partial charge in [0.1, 0.15) is 0 Å². The van der Waals surface area contributed by atoms with Crippen molar-refractivity contribution in [3.8, 4) is 0 Å². The van der Waals surface area contributed by atoms with Crippen LogP contribution in [-0.2, 0) is 8.85 Å². The first-order valence-electron chi connectivity index (χ1n) is 6.72.